The molecule has 17 heavy (non-hydrogen) atoms. The second-order valence-corrected chi connectivity index (χ2v) is 3.94. The van der Waals surface area contributed by atoms with Crippen molar-refractivity contribution in [3.8, 4) is 0 Å². The summed E-state index contributed by atoms with van der Waals surface area (Å²) in [5.41, 5.74) is 7.90. The van der Waals surface area contributed by atoms with Crippen LogP contribution in [0.4, 0.5) is 5.69 Å². The number of nitrogens with zero attached hydrogens (tertiary/aromatic N) is 1. The number of carbonyl (C=O) groups is 2. The van der Waals surface area contributed by atoms with E-state index in [0.717, 1.165) is 16.0 Å². The van der Waals surface area contributed by atoms with Gasteiger partial charge in [0.1, 0.15) is 0 Å². The molecule has 90 valence electrons. The number of anilines is 1. The highest BCUT2D eigenvalue weighted by Gasteiger charge is 2.31. The number of rotatable bonds is 3. The van der Waals surface area contributed by atoms with Gasteiger partial charge in [-0.2, -0.15) is 0 Å². The van der Waals surface area contributed by atoms with E-state index in [4.69, 9.17) is 10.8 Å². The number of hydrogen-bond donors (Lipinski definition) is 2. The van der Waals surface area contributed by atoms with E-state index in [1.165, 1.54) is 0 Å². The van der Waals surface area contributed by atoms with Crippen molar-refractivity contribution >= 4 is 17.5 Å². The Labute approximate surface area is 98.8 Å². The molecule has 0 atom stereocenters. The lowest BCUT2D eigenvalue weighted by Crippen LogP contribution is -2.34. The molecular formula is C12H14N2O3. The van der Waals surface area contributed by atoms with E-state index in [2.05, 4.69) is 0 Å². The van der Waals surface area contributed by atoms with Gasteiger partial charge in [-0.1, -0.05) is 12.1 Å². The number of aliphatic hydroxyl groups excluding tert-OH is 1. The van der Waals surface area contributed by atoms with Crippen molar-refractivity contribution in [3.05, 3.63) is 29.3 Å². The molecule has 0 spiro atoms. The summed E-state index contributed by atoms with van der Waals surface area (Å²) in [4.78, 5) is 24.6. The van der Waals surface area contributed by atoms with Crippen molar-refractivity contribution in [3.63, 3.8) is 0 Å². The number of nitrogens with two attached hydrogens (primary N) is 1. The monoisotopic (exact) mass is 234 g/mol. The number of carbonyl (C=O) groups excluding carboxylic acids is 2. The third-order valence-corrected chi connectivity index (χ3v) is 2.79. The van der Waals surface area contributed by atoms with Gasteiger partial charge in [-0.05, 0) is 17.2 Å². The van der Waals surface area contributed by atoms with Gasteiger partial charge in [0.25, 0.3) is 0 Å². The van der Waals surface area contributed by atoms with Gasteiger partial charge in [0.05, 0.1) is 25.1 Å². The summed E-state index contributed by atoms with van der Waals surface area (Å²) in [6.45, 7) is 0.158. The van der Waals surface area contributed by atoms with Crippen molar-refractivity contribution in [1.29, 1.82) is 0 Å². The molecule has 3 N–H and O–H groups in total. The second kappa shape index (κ2) is 4.65. The van der Waals surface area contributed by atoms with E-state index < -0.39 is 0 Å². The Kier molecular flexibility index (Phi) is 3.21. The van der Waals surface area contributed by atoms with E-state index in [-0.39, 0.29) is 31.3 Å². The molecule has 0 aliphatic carbocycles. The highest BCUT2D eigenvalue weighted by Crippen LogP contribution is 2.30. The zero-order valence-corrected chi connectivity index (χ0v) is 9.35. The van der Waals surface area contributed by atoms with Gasteiger partial charge >= 0.3 is 0 Å². The smallest absolute Gasteiger partial charge is 0.238 e. The minimum absolute atomic E-state index is 0.0379. The SMILES string of the molecule is NCc1ccc2c(c1)CC(=O)N2C(=O)CCO. The van der Waals surface area contributed by atoms with Crippen LogP contribution in [-0.4, -0.2) is 23.5 Å². The minimum atomic E-state index is -0.364. The van der Waals surface area contributed by atoms with Crippen molar-refractivity contribution in [2.24, 2.45) is 5.73 Å². The minimum Gasteiger partial charge on any atom is -0.396 e. The second-order valence-electron chi connectivity index (χ2n) is 3.94. The zero-order valence-electron chi connectivity index (χ0n) is 9.35. The molecule has 5 heteroatoms. The molecular weight excluding hydrogens is 220 g/mol. The van der Waals surface area contributed by atoms with Crippen molar-refractivity contribution < 1.29 is 14.7 Å². The van der Waals surface area contributed by atoms with Crippen LogP contribution >= 0.6 is 0 Å². The molecule has 0 saturated carbocycles. The Morgan fingerprint density at radius 2 is 2.24 bits per heavy atom. The highest BCUT2D eigenvalue weighted by atomic mass is 16.3. The Balaban J connectivity index is 2.34. The molecule has 2 rings (SSSR count). The summed E-state index contributed by atoms with van der Waals surface area (Å²) in [6.07, 6.45) is 0.185. The summed E-state index contributed by atoms with van der Waals surface area (Å²) in [5, 5.41) is 8.74. The van der Waals surface area contributed by atoms with Gasteiger partial charge in [-0.15, -0.1) is 0 Å². The average Bonchev–Trinajstić information content (AvgIpc) is 2.64. The molecule has 0 radical (unpaired) electrons. The van der Waals surface area contributed by atoms with E-state index in [1.54, 1.807) is 12.1 Å². The predicted octanol–water partition coefficient (Wildman–Crippen LogP) is -0.0566. The molecule has 5 nitrogen and oxygen atoms in total. The van der Waals surface area contributed by atoms with Crippen LogP contribution in [0.25, 0.3) is 0 Å². The van der Waals surface area contributed by atoms with Gasteiger partial charge in [-0.3, -0.25) is 9.59 Å². The summed E-state index contributed by atoms with van der Waals surface area (Å²) in [7, 11) is 0. The topological polar surface area (TPSA) is 83.6 Å². The van der Waals surface area contributed by atoms with Gasteiger partial charge in [0.15, 0.2) is 0 Å². The lowest BCUT2D eigenvalue weighted by molar-refractivity contribution is -0.125. The standard InChI is InChI=1S/C12H14N2O3/c13-7-8-1-2-10-9(5-8)6-12(17)14(10)11(16)3-4-15/h1-2,5,15H,3-4,6-7,13H2. The van der Waals surface area contributed by atoms with Gasteiger partial charge in [-0.25, -0.2) is 4.90 Å². The zero-order chi connectivity index (χ0) is 12.4. The molecule has 1 aromatic rings. The van der Waals surface area contributed by atoms with E-state index >= 15 is 0 Å². The van der Waals surface area contributed by atoms with Gasteiger partial charge in [0.2, 0.25) is 11.8 Å². The molecule has 0 bridgehead atoms. The Hall–Kier alpha value is -1.72. The summed E-state index contributed by atoms with van der Waals surface area (Å²) >= 11 is 0. The molecule has 1 heterocycles. The Morgan fingerprint density at radius 1 is 1.47 bits per heavy atom. The maximum atomic E-state index is 11.7. The molecule has 1 aliphatic heterocycles. The quantitative estimate of drug-likeness (QED) is 0.767. The maximum absolute atomic E-state index is 11.7. The predicted molar refractivity (Wildman–Crippen MR) is 62.2 cm³/mol. The first-order valence-corrected chi connectivity index (χ1v) is 5.46. The lowest BCUT2D eigenvalue weighted by atomic mass is 10.1. The molecule has 0 unspecified atom stereocenters. The van der Waals surface area contributed by atoms with Crippen LogP contribution in [0.3, 0.4) is 0 Å². The Morgan fingerprint density at radius 3 is 2.88 bits per heavy atom. The van der Waals surface area contributed by atoms with Crippen LogP contribution in [0.15, 0.2) is 18.2 Å². The van der Waals surface area contributed by atoms with Crippen LogP contribution in [0, 0.1) is 0 Å². The fourth-order valence-electron chi connectivity index (χ4n) is 1.98. The van der Waals surface area contributed by atoms with Crippen molar-refractivity contribution in [2.45, 2.75) is 19.4 Å². The number of hydrogen-bond acceptors (Lipinski definition) is 4. The van der Waals surface area contributed by atoms with Crippen LogP contribution < -0.4 is 10.6 Å². The first kappa shape index (κ1) is 11.8. The van der Waals surface area contributed by atoms with E-state index in [9.17, 15) is 9.59 Å². The van der Waals surface area contributed by atoms with Crippen LogP contribution in [0.2, 0.25) is 0 Å². The van der Waals surface area contributed by atoms with E-state index in [0.29, 0.717) is 12.2 Å². The lowest BCUT2D eigenvalue weighted by Gasteiger charge is -2.14. The molecule has 0 saturated heterocycles. The van der Waals surface area contributed by atoms with Crippen molar-refractivity contribution in [1.82, 2.24) is 0 Å². The number of amides is 2. The van der Waals surface area contributed by atoms with Gasteiger partial charge in [0, 0.05) is 6.54 Å². The first-order valence-electron chi connectivity index (χ1n) is 5.46. The Bertz CT molecular complexity index is 471. The van der Waals surface area contributed by atoms with Gasteiger partial charge < -0.3 is 10.8 Å². The normalized spacial score (nSPS) is 14.0. The number of imide groups is 1. The van der Waals surface area contributed by atoms with E-state index in [1.807, 2.05) is 6.07 Å². The first-order chi connectivity index (χ1) is 8.17. The molecule has 0 fully saturated rings. The molecule has 1 aromatic carbocycles. The van der Waals surface area contributed by atoms with Crippen LogP contribution in [-0.2, 0) is 22.6 Å². The molecule has 0 aromatic heterocycles. The third-order valence-electron chi connectivity index (χ3n) is 2.79. The van der Waals surface area contributed by atoms with Crippen LogP contribution in [0.1, 0.15) is 17.5 Å². The molecule has 2 amide bonds. The summed E-state index contributed by atoms with van der Waals surface area (Å²) < 4.78 is 0. The number of benzene rings is 1. The third kappa shape index (κ3) is 2.07. The summed E-state index contributed by atoms with van der Waals surface area (Å²) in [5.74, 6) is -0.607. The number of fused-ring (bicyclic) bond motifs is 1. The maximum Gasteiger partial charge on any atom is 0.238 e. The average molecular weight is 234 g/mol. The highest BCUT2D eigenvalue weighted by molar-refractivity contribution is 6.19. The summed E-state index contributed by atoms with van der Waals surface area (Å²) in [6, 6.07) is 5.38. The largest absolute Gasteiger partial charge is 0.396 e. The van der Waals surface area contributed by atoms with Crippen molar-refractivity contribution in [2.75, 3.05) is 11.5 Å². The number of aliphatic hydroxyl groups is 1. The fraction of sp³-hybridized carbons (Fsp3) is 0.333. The molecule has 1 aliphatic rings. The fourth-order valence-corrected chi connectivity index (χ4v) is 1.98. The van der Waals surface area contributed by atoms with Crippen LogP contribution in [0.5, 0.6) is 0 Å².